The Morgan fingerprint density at radius 2 is 1.77 bits per heavy atom. The molecule has 0 saturated carbocycles. The lowest BCUT2D eigenvalue weighted by molar-refractivity contribution is 0.185. The summed E-state index contributed by atoms with van der Waals surface area (Å²) in [5, 5.41) is 4.29. The number of benzene rings is 1. The van der Waals surface area contributed by atoms with Gasteiger partial charge in [0.2, 0.25) is 0 Å². The maximum Gasteiger partial charge on any atom is 0.317 e. The van der Waals surface area contributed by atoms with E-state index in [1.807, 2.05) is 51.7 Å². The molecule has 1 N–H and O–H groups in total. The third-order valence-corrected chi connectivity index (χ3v) is 5.62. The van der Waals surface area contributed by atoms with E-state index in [9.17, 15) is 4.79 Å². The third kappa shape index (κ3) is 5.55. The molecule has 2 heterocycles. The summed E-state index contributed by atoms with van der Waals surface area (Å²) in [5.41, 5.74) is 2.73. The van der Waals surface area contributed by atoms with Gasteiger partial charge in [-0.3, -0.25) is 0 Å². The fourth-order valence-corrected chi connectivity index (χ4v) is 4.04. The normalized spacial score (nSPS) is 14.8. The highest BCUT2D eigenvalue weighted by Crippen LogP contribution is 2.29. The van der Waals surface area contributed by atoms with Crippen LogP contribution in [-0.2, 0) is 6.42 Å². The number of nitrogens with one attached hydrogen (secondary N) is 1. The van der Waals surface area contributed by atoms with Gasteiger partial charge in [0.05, 0.1) is 0 Å². The van der Waals surface area contributed by atoms with Gasteiger partial charge in [-0.05, 0) is 52.3 Å². The number of carbonyl (C=O) groups is 1. The third-order valence-electron chi connectivity index (χ3n) is 5.03. The number of aromatic nitrogens is 2. The number of aryl methyl sites for hydroxylation is 2. The van der Waals surface area contributed by atoms with Crippen molar-refractivity contribution in [3.05, 3.63) is 50.9 Å². The molecule has 0 radical (unpaired) electrons. The van der Waals surface area contributed by atoms with Crippen LogP contribution in [0.2, 0.25) is 10.0 Å². The lowest BCUT2D eigenvalue weighted by Gasteiger charge is -2.37. The summed E-state index contributed by atoms with van der Waals surface area (Å²) in [7, 11) is 0. The van der Waals surface area contributed by atoms with Crippen LogP contribution in [0.15, 0.2) is 18.2 Å². The zero-order valence-corrected chi connectivity index (χ0v) is 19.7. The van der Waals surface area contributed by atoms with Crippen LogP contribution >= 0.6 is 23.2 Å². The second-order valence-electron chi connectivity index (χ2n) is 8.73. The molecule has 1 aromatic heterocycles. The van der Waals surface area contributed by atoms with E-state index in [-0.39, 0.29) is 11.6 Å². The van der Waals surface area contributed by atoms with Crippen molar-refractivity contribution >= 4 is 35.1 Å². The van der Waals surface area contributed by atoms with E-state index in [4.69, 9.17) is 28.2 Å². The highest BCUT2D eigenvalue weighted by molar-refractivity contribution is 6.35. The molecule has 2 aromatic rings. The van der Waals surface area contributed by atoms with E-state index < -0.39 is 0 Å². The molecule has 0 bridgehead atoms. The molecule has 1 fully saturated rings. The Kier molecular flexibility index (Phi) is 6.78. The van der Waals surface area contributed by atoms with Gasteiger partial charge in [-0.25, -0.2) is 14.8 Å². The Morgan fingerprint density at radius 3 is 2.37 bits per heavy atom. The number of hydrogen-bond acceptors (Lipinski definition) is 4. The van der Waals surface area contributed by atoms with E-state index >= 15 is 0 Å². The molecule has 2 amide bonds. The maximum absolute atomic E-state index is 12.5. The van der Waals surface area contributed by atoms with Crippen molar-refractivity contribution in [2.45, 2.75) is 46.6 Å². The van der Waals surface area contributed by atoms with Gasteiger partial charge in [0.1, 0.15) is 11.6 Å². The van der Waals surface area contributed by atoms with Gasteiger partial charge in [0, 0.05) is 59.4 Å². The fraction of sp³-hybridized carbons (Fsp3) is 0.500. The summed E-state index contributed by atoms with van der Waals surface area (Å²) in [4.78, 5) is 25.9. The molecule has 30 heavy (non-hydrogen) atoms. The average molecular weight is 450 g/mol. The second-order valence-corrected chi connectivity index (χ2v) is 9.57. The molecule has 8 heteroatoms. The lowest BCUT2D eigenvalue weighted by Crippen LogP contribution is -2.55. The number of halogens is 2. The number of carbonyl (C=O) groups excluding carboxylic acids is 1. The molecule has 1 aliphatic rings. The number of piperazine rings is 1. The molecule has 162 valence electrons. The zero-order valence-electron chi connectivity index (χ0n) is 18.2. The van der Waals surface area contributed by atoms with Crippen molar-refractivity contribution in [3.63, 3.8) is 0 Å². The molecule has 0 aliphatic carbocycles. The van der Waals surface area contributed by atoms with E-state index in [2.05, 4.69) is 15.2 Å². The molecule has 6 nitrogen and oxygen atoms in total. The fourth-order valence-electron chi connectivity index (χ4n) is 3.56. The molecule has 1 saturated heterocycles. The van der Waals surface area contributed by atoms with E-state index in [0.717, 1.165) is 41.6 Å². The van der Waals surface area contributed by atoms with Gasteiger partial charge >= 0.3 is 6.03 Å². The number of hydrogen-bond donors (Lipinski definition) is 1. The lowest BCUT2D eigenvalue weighted by atomic mass is 10.0. The van der Waals surface area contributed by atoms with Gasteiger partial charge in [0.25, 0.3) is 0 Å². The van der Waals surface area contributed by atoms with Crippen LogP contribution in [0, 0.1) is 13.8 Å². The standard InChI is InChI=1S/C22H29Cl2N5O/c1-14-18(12-16-6-7-17(23)13-19(16)24)20(26-15(2)25-14)28-8-10-29(11-9-28)21(30)27-22(3,4)5/h6-7,13H,8-12H2,1-5H3,(H,27,30). The second kappa shape index (κ2) is 8.98. The van der Waals surface area contributed by atoms with Crippen molar-refractivity contribution in [2.24, 2.45) is 0 Å². The van der Waals surface area contributed by atoms with Crippen molar-refractivity contribution in [3.8, 4) is 0 Å². The van der Waals surface area contributed by atoms with E-state index in [1.54, 1.807) is 6.07 Å². The Labute approximate surface area is 188 Å². The minimum atomic E-state index is -0.250. The first-order valence-electron chi connectivity index (χ1n) is 10.1. The van der Waals surface area contributed by atoms with Gasteiger partial charge in [-0.1, -0.05) is 29.3 Å². The minimum Gasteiger partial charge on any atom is -0.353 e. The number of anilines is 1. The SMILES string of the molecule is Cc1nc(C)c(Cc2ccc(Cl)cc2Cl)c(N2CCN(C(=O)NC(C)(C)C)CC2)n1. The Morgan fingerprint density at radius 1 is 1.10 bits per heavy atom. The summed E-state index contributed by atoms with van der Waals surface area (Å²) in [5.74, 6) is 1.66. The van der Waals surface area contributed by atoms with Crippen LogP contribution in [0.25, 0.3) is 0 Å². The van der Waals surface area contributed by atoms with Crippen LogP contribution in [0.5, 0.6) is 0 Å². The number of nitrogens with zero attached hydrogens (tertiary/aromatic N) is 4. The Balaban J connectivity index is 1.80. The van der Waals surface area contributed by atoms with E-state index in [1.165, 1.54) is 0 Å². The van der Waals surface area contributed by atoms with Crippen LogP contribution < -0.4 is 10.2 Å². The number of rotatable bonds is 3. The van der Waals surface area contributed by atoms with Crippen molar-refractivity contribution in [1.82, 2.24) is 20.2 Å². The molecule has 1 aliphatic heterocycles. The van der Waals surface area contributed by atoms with Crippen molar-refractivity contribution < 1.29 is 4.79 Å². The summed E-state index contributed by atoms with van der Waals surface area (Å²) in [6.07, 6.45) is 0.627. The summed E-state index contributed by atoms with van der Waals surface area (Å²) >= 11 is 12.5. The largest absolute Gasteiger partial charge is 0.353 e. The van der Waals surface area contributed by atoms with Crippen LogP contribution in [-0.4, -0.2) is 52.6 Å². The Hall–Kier alpha value is -2.05. The first kappa shape index (κ1) is 22.6. The van der Waals surface area contributed by atoms with Crippen molar-refractivity contribution in [1.29, 1.82) is 0 Å². The predicted molar refractivity (Wildman–Crippen MR) is 123 cm³/mol. The summed E-state index contributed by atoms with van der Waals surface area (Å²) in [6.45, 7) is 12.6. The summed E-state index contributed by atoms with van der Waals surface area (Å²) in [6, 6.07) is 5.53. The monoisotopic (exact) mass is 449 g/mol. The predicted octanol–water partition coefficient (Wildman–Crippen LogP) is 4.62. The molecule has 0 unspecified atom stereocenters. The first-order valence-corrected chi connectivity index (χ1v) is 10.9. The summed E-state index contributed by atoms with van der Waals surface area (Å²) < 4.78 is 0. The topological polar surface area (TPSA) is 61.4 Å². The molecule has 1 aromatic carbocycles. The van der Waals surface area contributed by atoms with Crippen molar-refractivity contribution in [2.75, 3.05) is 31.1 Å². The highest BCUT2D eigenvalue weighted by atomic mass is 35.5. The van der Waals surface area contributed by atoms with E-state index in [0.29, 0.717) is 29.6 Å². The molecular weight excluding hydrogens is 421 g/mol. The number of amides is 2. The molecule has 0 spiro atoms. The first-order chi connectivity index (χ1) is 14.0. The molecule has 3 rings (SSSR count). The highest BCUT2D eigenvalue weighted by Gasteiger charge is 2.26. The maximum atomic E-state index is 12.5. The van der Waals surface area contributed by atoms with Crippen LogP contribution in [0.1, 0.15) is 43.4 Å². The minimum absolute atomic E-state index is 0.0228. The molecular formula is C22H29Cl2N5O. The zero-order chi connectivity index (χ0) is 22.1. The van der Waals surface area contributed by atoms with Gasteiger partial charge in [-0.2, -0.15) is 0 Å². The van der Waals surface area contributed by atoms with Crippen LogP contribution in [0.3, 0.4) is 0 Å². The molecule has 0 atom stereocenters. The average Bonchev–Trinajstić information content (AvgIpc) is 2.64. The number of urea groups is 1. The van der Waals surface area contributed by atoms with Gasteiger partial charge in [0.15, 0.2) is 0 Å². The van der Waals surface area contributed by atoms with Gasteiger partial charge in [-0.15, -0.1) is 0 Å². The Bertz CT molecular complexity index is 934. The van der Waals surface area contributed by atoms with Crippen LogP contribution in [0.4, 0.5) is 10.6 Å². The van der Waals surface area contributed by atoms with Gasteiger partial charge < -0.3 is 15.1 Å². The smallest absolute Gasteiger partial charge is 0.317 e. The quantitative estimate of drug-likeness (QED) is 0.742.